The van der Waals surface area contributed by atoms with Crippen LogP contribution in [0.2, 0.25) is 18.1 Å². The maximum Gasteiger partial charge on any atom is 0.192 e. The molecule has 1 aromatic heterocycles. The first-order valence-corrected chi connectivity index (χ1v) is 10.6. The molecule has 1 heterocycles. The Labute approximate surface area is 130 Å². The van der Waals surface area contributed by atoms with E-state index in [2.05, 4.69) is 59.8 Å². The predicted molar refractivity (Wildman–Crippen MR) is 84.9 cm³/mol. The van der Waals surface area contributed by atoms with Gasteiger partial charge < -0.3 is 9.53 Å². The van der Waals surface area contributed by atoms with Gasteiger partial charge in [-0.3, -0.25) is 0 Å². The second-order valence-electron chi connectivity index (χ2n) is 7.16. The highest BCUT2D eigenvalue weighted by Gasteiger charge is 2.50. The molecule has 0 amide bonds. The molecule has 6 heteroatoms. The molecule has 0 atom stereocenters. The Hall–Kier alpha value is -0.303. The topological polar surface area (TPSA) is 55.2 Å². The van der Waals surface area contributed by atoms with Crippen LogP contribution < -0.4 is 0 Å². The Bertz CT molecular complexity index is 479. The third-order valence-corrected chi connectivity index (χ3v) is 9.38. The monoisotopic (exact) mass is 358 g/mol. The van der Waals surface area contributed by atoms with Gasteiger partial charge in [0.15, 0.2) is 14.1 Å². The van der Waals surface area contributed by atoms with E-state index < -0.39 is 13.9 Å². The maximum absolute atomic E-state index is 10.5. The fraction of sp³-hybridized carbons (Fsp3) is 0.714. The standard InChI is InChI=1S/C14H23BrN2O2Si/c1-13(2,3)20(4,5)19-11-6-14(18,7-11)12-16-8-10(15)9-17-12/h8-9,11,18H,6-7H2,1-5H3. The average Bonchev–Trinajstić information content (AvgIpc) is 2.25. The van der Waals surface area contributed by atoms with Crippen LogP contribution in [0.25, 0.3) is 0 Å². The highest BCUT2D eigenvalue weighted by atomic mass is 79.9. The van der Waals surface area contributed by atoms with Crippen LogP contribution in [0.1, 0.15) is 39.4 Å². The summed E-state index contributed by atoms with van der Waals surface area (Å²) in [6.45, 7) is 11.1. The summed E-state index contributed by atoms with van der Waals surface area (Å²) in [5, 5.41) is 10.7. The molecule has 1 aliphatic carbocycles. The van der Waals surface area contributed by atoms with Crippen LogP contribution in [0.4, 0.5) is 0 Å². The Morgan fingerprint density at radius 3 is 2.25 bits per heavy atom. The van der Waals surface area contributed by atoms with E-state index in [-0.39, 0.29) is 11.1 Å². The third kappa shape index (κ3) is 3.13. The lowest BCUT2D eigenvalue weighted by molar-refractivity contribution is -0.119. The molecule has 0 bridgehead atoms. The van der Waals surface area contributed by atoms with E-state index in [9.17, 15) is 5.11 Å². The molecule has 0 radical (unpaired) electrons. The van der Waals surface area contributed by atoms with E-state index >= 15 is 0 Å². The van der Waals surface area contributed by atoms with Crippen molar-refractivity contribution in [3.8, 4) is 0 Å². The molecular formula is C14H23BrN2O2Si. The summed E-state index contributed by atoms with van der Waals surface area (Å²) in [5.41, 5.74) is -0.923. The number of aliphatic hydroxyl groups is 1. The zero-order valence-electron chi connectivity index (χ0n) is 12.8. The SMILES string of the molecule is CC(C)(C)[Si](C)(C)OC1CC(O)(c2ncc(Br)cn2)C1. The van der Waals surface area contributed by atoms with Crippen LogP contribution in [-0.2, 0) is 10.0 Å². The van der Waals surface area contributed by atoms with E-state index in [1.807, 2.05) is 0 Å². The van der Waals surface area contributed by atoms with Crippen molar-refractivity contribution in [3.05, 3.63) is 22.7 Å². The summed E-state index contributed by atoms with van der Waals surface area (Å²) >= 11 is 3.30. The van der Waals surface area contributed by atoms with Crippen LogP contribution in [0.15, 0.2) is 16.9 Å². The van der Waals surface area contributed by atoms with Crippen molar-refractivity contribution in [1.82, 2.24) is 9.97 Å². The Balaban J connectivity index is 1.99. The normalized spacial score (nSPS) is 27.2. The van der Waals surface area contributed by atoms with Gasteiger partial charge in [-0.1, -0.05) is 20.8 Å². The number of nitrogens with zero attached hydrogens (tertiary/aromatic N) is 2. The molecule has 1 aromatic rings. The second-order valence-corrected chi connectivity index (χ2v) is 12.8. The van der Waals surface area contributed by atoms with E-state index in [1.54, 1.807) is 12.4 Å². The highest BCUT2D eigenvalue weighted by molar-refractivity contribution is 9.10. The lowest BCUT2D eigenvalue weighted by Crippen LogP contribution is -2.53. The molecule has 0 aliphatic heterocycles. The minimum absolute atomic E-state index is 0.119. The van der Waals surface area contributed by atoms with E-state index in [4.69, 9.17) is 4.43 Å². The average molecular weight is 359 g/mol. The van der Waals surface area contributed by atoms with Gasteiger partial charge in [0.25, 0.3) is 0 Å². The first kappa shape index (κ1) is 16.1. The quantitative estimate of drug-likeness (QED) is 0.838. The van der Waals surface area contributed by atoms with Gasteiger partial charge >= 0.3 is 0 Å². The van der Waals surface area contributed by atoms with Crippen LogP contribution in [0, 0.1) is 0 Å². The molecule has 0 unspecified atom stereocenters. The van der Waals surface area contributed by atoms with E-state index in [0.29, 0.717) is 18.7 Å². The molecule has 0 aromatic carbocycles. The van der Waals surface area contributed by atoms with Crippen molar-refractivity contribution in [2.45, 2.75) is 63.5 Å². The lowest BCUT2D eigenvalue weighted by Gasteiger charge is -2.48. The minimum atomic E-state index is -1.77. The van der Waals surface area contributed by atoms with Gasteiger partial charge in [0.2, 0.25) is 0 Å². The summed E-state index contributed by atoms with van der Waals surface area (Å²) in [6.07, 6.45) is 4.63. The first-order chi connectivity index (χ1) is 9.03. The van der Waals surface area contributed by atoms with Gasteiger partial charge in [0.1, 0.15) is 5.60 Å². The first-order valence-electron chi connectivity index (χ1n) is 6.92. The predicted octanol–water partition coefficient (Wildman–Crippen LogP) is 3.61. The van der Waals surface area contributed by atoms with Crippen molar-refractivity contribution < 1.29 is 9.53 Å². The number of rotatable bonds is 3. The van der Waals surface area contributed by atoms with Crippen molar-refractivity contribution in [3.63, 3.8) is 0 Å². The van der Waals surface area contributed by atoms with Crippen molar-refractivity contribution in [2.75, 3.05) is 0 Å². The van der Waals surface area contributed by atoms with Gasteiger partial charge in [-0.05, 0) is 34.1 Å². The van der Waals surface area contributed by atoms with Crippen LogP contribution in [-0.4, -0.2) is 29.5 Å². The summed E-state index contributed by atoms with van der Waals surface area (Å²) in [6, 6.07) is 0. The summed E-state index contributed by atoms with van der Waals surface area (Å²) in [4.78, 5) is 8.40. The molecule has 1 aliphatic rings. The summed E-state index contributed by atoms with van der Waals surface area (Å²) in [7, 11) is -1.77. The van der Waals surface area contributed by atoms with E-state index in [0.717, 1.165) is 4.47 Å². The zero-order valence-corrected chi connectivity index (χ0v) is 15.4. The van der Waals surface area contributed by atoms with Crippen LogP contribution in [0.5, 0.6) is 0 Å². The number of halogens is 1. The number of hydrogen-bond donors (Lipinski definition) is 1. The molecule has 0 saturated heterocycles. The van der Waals surface area contributed by atoms with Crippen molar-refractivity contribution in [1.29, 1.82) is 0 Å². The molecule has 1 saturated carbocycles. The highest BCUT2D eigenvalue weighted by Crippen LogP contribution is 2.46. The summed E-state index contributed by atoms with van der Waals surface area (Å²) < 4.78 is 7.11. The van der Waals surface area contributed by atoms with Gasteiger partial charge in [-0.15, -0.1) is 0 Å². The van der Waals surface area contributed by atoms with E-state index in [1.165, 1.54) is 0 Å². The molecule has 20 heavy (non-hydrogen) atoms. The van der Waals surface area contributed by atoms with Crippen LogP contribution >= 0.6 is 15.9 Å². The van der Waals surface area contributed by atoms with Crippen molar-refractivity contribution in [2.24, 2.45) is 0 Å². The number of hydrogen-bond acceptors (Lipinski definition) is 4. The molecule has 0 spiro atoms. The summed E-state index contributed by atoms with van der Waals surface area (Å²) in [5.74, 6) is 0.496. The van der Waals surface area contributed by atoms with Crippen LogP contribution in [0.3, 0.4) is 0 Å². The third-order valence-electron chi connectivity index (χ3n) is 4.43. The van der Waals surface area contributed by atoms with Gasteiger partial charge in [0.05, 0.1) is 10.6 Å². The smallest absolute Gasteiger partial charge is 0.192 e. The zero-order chi connectivity index (χ0) is 15.2. The Morgan fingerprint density at radius 2 is 1.80 bits per heavy atom. The Kier molecular flexibility index (Phi) is 4.14. The molecule has 1 fully saturated rings. The lowest BCUT2D eigenvalue weighted by atomic mass is 9.77. The second kappa shape index (κ2) is 5.16. The molecule has 112 valence electrons. The number of aromatic nitrogens is 2. The van der Waals surface area contributed by atoms with Gasteiger partial charge in [0, 0.05) is 25.2 Å². The molecule has 1 N–H and O–H groups in total. The Morgan fingerprint density at radius 1 is 1.30 bits per heavy atom. The molecule has 2 rings (SSSR count). The molecular weight excluding hydrogens is 336 g/mol. The largest absolute Gasteiger partial charge is 0.414 e. The molecule has 4 nitrogen and oxygen atoms in total. The van der Waals surface area contributed by atoms with Gasteiger partial charge in [-0.2, -0.15) is 0 Å². The van der Waals surface area contributed by atoms with Crippen molar-refractivity contribution >= 4 is 24.2 Å². The van der Waals surface area contributed by atoms with Gasteiger partial charge in [-0.25, -0.2) is 9.97 Å². The maximum atomic E-state index is 10.5. The fourth-order valence-corrected chi connectivity index (χ4v) is 3.66. The minimum Gasteiger partial charge on any atom is -0.414 e. The fourth-order valence-electron chi connectivity index (χ4n) is 2.11.